The molecule has 1 aliphatic heterocycles. The Morgan fingerprint density at radius 2 is 2.00 bits per heavy atom. The standard InChI is InChI=1S/C17H21N3O3/c1-3-19-11-13(17(22)23-4-2)15(21)12-7-8-14(18-16(12)19)20-9-5-6-10-20/h7-8,11H,3-6,9-10H2,1-2H3. The third-order valence-corrected chi connectivity index (χ3v) is 4.17. The van der Waals surface area contributed by atoms with E-state index in [1.807, 2.05) is 17.6 Å². The van der Waals surface area contributed by atoms with Crippen molar-refractivity contribution in [3.05, 3.63) is 34.1 Å². The van der Waals surface area contributed by atoms with Crippen molar-refractivity contribution in [2.24, 2.45) is 0 Å². The molecule has 0 saturated carbocycles. The zero-order valence-electron chi connectivity index (χ0n) is 13.5. The number of nitrogens with zero attached hydrogens (tertiary/aromatic N) is 3. The first-order valence-electron chi connectivity index (χ1n) is 8.12. The second-order valence-electron chi connectivity index (χ2n) is 5.61. The molecule has 1 saturated heterocycles. The summed E-state index contributed by atoms with van der Waals surface area (Å²) in [5.41, 5.74) is 0.371. The lowest BCUT2D eigenvalue weighted by Crippen LogP contribution is -2.23. The minimum absolute atomic E-state index is 0.0666. The zero-order chi connectivity index (χ0) is 16.4. The highest BCUT2D eigenvalue weighted by Crippen LogP contribution is 2.21. The molecule has 6 heteroatoms. The number of hydrogen-bond donors (Lipinski definition) is 0. The van der Waals surface area contributed by atoms with Crippen LogP contribution in [0.2, 0.25) is 0 Å². The molecule has 122 valence electrons. The summed E-state index contributed by atoms with van der Waals surface area (Å²) in [6.45, 7) is 6.55. The lowest BCUT2D eigenvalue weighted by Gasteiger charge is -2.18. The Hall–Kier alpha value is -2.37. The van der Waals surface area contributed by atoms with E-state index in [0.29, 0.717) is 17.6 Å². The average Bonchev–Trinajstić information content (AvgIpc) is 3.09. The molecule has 0 amide bonds. The SMILES string of the molecule is CCOC(=O)c1cn(CC)c2nc(N3CCCC3)ccc2c1=O. The van der Waals surface area contributed by atoms with Gasteiger partial charge in [0, 0.05) is 25.8 Å². The molecule has 2 aromatic rings. The first-order valence-corrected chi connectivity index (χ1v) is 8.12. The molecule has 3 rings (SSSR count). The Bertz CT molecular complexity index is 792. The largest absolute Gasteiger partial charge is 0.462 e. The summed E-state index contributed by atoms with van der Waals surface area (Å²) in [5.74, 6) is 0.311. The van der Waals surface area contributed by atoms with Gasteiger partial charge in [0.2, 0.25) is 5.43 Å². The topological polar surface area (TPSA) is 64.4 Å². The van der Waals surface area contributed by atoms with Crippen LogP contribution in [-0.4, -0.2) is 35.2 Å². The van der Waals surface area contributed by atoms with Crippen molar-refractivity contribution in [2.45, 2.75) is 33.2 Å². The Morgan fingerprint density at radius 3 is 2.65 bits per heavy atom. The van der Waals surface area contributed by atoms with Crippen LogP contribution >= 0.6 is 0 Å². The highest BCUT2D eigenvalue weighted by Gasteiger charge is 2.19. The molecular weight excluding hydrogens is 294 g/mol. The van der Waals surface area contributed by atoms with E-state index in [9.17, 15) is 9.59 Å². The van der Waals surface area contributed by atoms with Gasteiger partial charge in [-0.1, -0.05) is 0 Å². The molecule has 1 aliphatic rings. The van der Waals surface area contributed by atoms with Gasteiger partial charge in [-0.25, -0.2) is 9.78 Å². The number of esters is 1. The molecule has 3 heterocycles. The number of carbonyl (C=O) groups excluding carboxylic acids is 1. The van der Waals surface area contributed by atoms with Crippen molar-refractivity contribution in [1.82, 2.24) is 9.55 Å². The quantitative estimate of drug-likeness (QED) is 0.809. The number of carbonyl (C=O) groups is 1. The molecular formula is C17H21N3O3. The Morgan fingerprint density at radius 1 is 1.26 bits per heavy atom. The highest BCUT2D eigenvalue weighted by molar-refractivity contribution is 5.93. The smallest absolute Gasteiger partial charge is 0.343 e. The van der Waals surface area contributed by atoms with Gasteiger partial charge in [0.15, 0.2) is 0 Å². The lowest BCUT2D eigenvalue weighted by molar-refractivity contribution is 0.0524. The van der Waals surface area contributed by atoms with Gasteiger partial charge >= 0.3 is 5.97 Å². The third-order valence-electron chi connectivity index (χ3n) is 4.17. The highest BCUT2D eigenvalue weighted by atomic mass is 16.5. The molecule has 2 aromatic heterocycles. The summed E-state index contributed by atoms with van der Waals surface area (Å²) in [5, 5.41) is 0.459. The molecule has 0 atom stereocenters. The minimum atomic E-state index is -0.579. The summed E-state index contributed by atoms with van der Waals surface area (Å²) >= 11 is 0. The van der Waals surface area contributed by atoms with E-state index in [1.54, 1.807) is 19.2 Å². The normalized spacial score (nSPS) is 14.4. The number of hydrogen-bond acceptors (Lipinski definition) is 5. The van der Waals surface area contributed by atoms with Crippen molar-refractivity contribution >= 4 is 22.8 Å². The Balaban J connectivity index is 2.15. The second kappa shape index (κ2) is 6.40. The number of fused-ring (bicyclic) bond motifs is 1. The Kier molecular flexibility index (Phi) is 4.32. The van der Waals surface area contributed by atoms with Crippen molar-refractivity contribution in [3.63, 3.8) is 0 Å². The van der Waals surface area contributed by atoms with Gasteiger partial charge < -0.3 is 14.2 Å². The van der Waals surface area contributed by atoms with Crippen molar-refractivity contribution in [1.29, 1.82) is 0 Å². The van der Waals surface area contributed by atoms with E-state index in [2.05, 4.69) is 9.88 Å². The van der Waals surface area contributed by atoms with Gasteiger partial charge in [-0.05, 0) is 38.8 Å². The van der Waals surface area contributed by atoms with Crippen LogP contribution in [0.3, 0.4) is 0 Å². The van der Waals surface area contributed by atoms with Crippen LogP contribution in [0.1, 0.15) is 37.0 Å². The Labute approximate surface area is 134 Å². The van der Waals surface area contributed by atoms with Gasteiger partial charge in [0.1, 0.15) is 17.0 Å². The number of rotatable bonds is 4. The van der Waals surface area contributed by atoms with Crippen molar-refractivity contribution in [2.75, 3.05) is 24.6 Å². The lowest BCUT2D eigenvalue weighted by atomic mass is 10.2. The second-order valence-corrected chi connectivity index (χ2v) is 5.61. The van der Waals surface area contributed by atoms with E-state index in [0.717, 1.165) is 18.9 Å². The van der Waals surface area contributed by atoms with E-state index >= 15 is 0 Å². The van der Waals surface area contributed by atoms with Crippen molar-refractivity contribution in [3.8, 4) is 0 Å². The number of aryl methyl sites for hydroxylation is 1. The van der Waals surface area contributed by atoms with E-state index in [1.165, 1.54) is 12.8 Å². The predicted octanol–water partition coefficient (Wildman–Crippen LogP) is 2.19. The van der Waals surface area contributed by atoms with Crippen molar-refractivity contribution < 1.29 is 9.53 Å². The summed E-state index contributed by atoms with van der Waals surface area (Å²) in [6.07, 6.45) is 3.90. The minimum Gasteiger partial charge on any atom is -0.462 e. The summed E-state index contributed by atoms with van der Waals surface area (Å²) in [4.78, 5) is 31.5. The fourth-order valence-corrected chi connectivity index (χ4v) is 2.97. The van der Waals surface area contributed by atoms with Gasteiger partial charge in [-0.2, -0.15) is 0 Å². The summed E-state index contributed by atoms with van der Waals surface area (Å²) < 4.78 is 6.82. The van der Waals surface area contributed by atoms with Crippen LogP contribution in [0.5, 0.6) is 0 Å². The van der Waals surface area contributed by atoms with Gasteiger partial charge in [0.05, 0.1) is 12.0 Å². The monoisotopic (exact) mass is 315 g/mol. The first-order chi connectivity index (χ1) is 11.2. The number of pyridine rings is 2. The van der Waals surface area contributed by atoms with Crippen LogP contribution in [0, 0.1) is 0 Å². The molecule has 0 unspecified atom stereocenters. The molecule has 6 nitrogen and oxygen atoms in total. The summed E-state index contributed by atoms with van der Waals surface area (Å²) in [6, 6.07) is 3.64. The van der Waals surface area contributed by atoms with Gasteiger partial charge in [-0.15, -0.1) is 0 Å². The maximum absolute atomic E-state index is 12.6. The number of aromatic nitrogens is 2. The van der Waals surface area contributed by atoms with Crippen LogP contribution in [0.25, 0.3) is 11.0 Å². The fraction of sp³-hybridized carbons (Fsp3) is 0.471. The number of anilines is 1. The maximum atomic E-state index is 12.6. The molecule has 0 bridgehead atoms. The molecule has 0 N–H and O–H groups in total. The van der Waals surface area contributed by atoms with E-state index < -0.39 is 5.97 Å². The first kappa shape index (κ1) is 15.5. The van der Waals surface area contributed by atoms with E-state index in [-0.39, 0.29) is 17.6 Å². The molecule has 0 radical (unpaired) electrons. The molecule has 23 heavy (non-hydrogen) atoms. The third kappa shape index (κ3) is 2.81. The van der Waals surface area contributed by atoms with E-state index in [4.69, 9.17) is 4.74 Å². The zero-order valence-corrected chi connectivity index (χ0v) is 13.5. The van der Waals surface area contributed by atoms with Crippen LogP contribution in [-0.2, 0) is 11.3 Å². The fourth-order valence-electron chi connectivity index (χ4n) is 2.97. The van der Waals surface area contributed by atoms with Crippen LogP contribution in [0.4, 0.5) is 5.82 Å². The predicted molar refractivity (Wildman–Crippen MR) is 89.1 cm³/mol. The molecule has 0 aliphatic carbocycles. The van der Waals surface area contributed by atoms with Gasteiger partial charge in [0.25, 0.3) is 0 Å². The maximum Gasteiger partial charge on any atom is 0.343 e. The molecule has 1 fully saturated rings. The molecule has 0 aromatic carbocycles. The molecule has 0 spiro atoms. The van der Waals surface area contributed by atoms with Crippen LogP contribution < -0.4 is 10.3 Å². The van der Waals surface area contributed by atoms with Crippen LogP contribution in [0.15, 0.2) is 23.1 Å². The summed E-state index contributed by atoms with van der Waals surface area (Å²) in [7, 11) is 0. The number of ether oxygens (including phenoxy) is 1. The van der Waals surface area contributed by atoms with Gasteiger partial charge in [-0.3, -0.25) is 4.79 Å². The average molecular weight is 315 g/mol.